The Bertz CT molecular complexity index is 346. The molecule has 1 aromatic heterocycles. The molecule has 7 nitrogen and oxygen atoms in total. The number of hydrogen-bond acceptors (Lipinski definition) is 4. The molecule has 1 rings (SSSR count). The molecule has 0 saturated heterocycles. The fourth-order valence-electron chi connectivity index (χ4n) is 0.850. The lowest BCUT2D eigenvalue weighted by Crippen LogP contribution is -2.18. The molecular weight excluding hydrogens is 190 g/mol. The first kappa shape index (κ1) is 10.2. The Morgan fingerprint density at radius 2 is 2.43 bits per heavy atom. The van der Waals surface area contributed by atoms with Crippen LogP contribution < -0.4 is 5.32 Å². The highest BCUT2D eigenvalue weighted by Crippen LogP contribution is 2.09. The summed E-state index contributed by atoms with van der Waals surface area (Å²) in [5, 5.41) is 16.8. The van der Waals surface area contributed by atoms with Gasteiger partial charge in [0, 0.05) is 7.11 Å². The van der Waals surface area contributed by atoms with Crippen molar-refractivity contribution in [1.29, 1.82) is 0 Å². The summed E-state index contributed by atoms with van der Waals surface area (Å²) in [7, 11) is 1.37. The molecule has 1 aromatic rings. The predicted molar refractivity (Wildman–Crippen MR) is 46.1 cm³/mol. The zero-order chi connectivity index (χ0) is 10.6. The third kappa shape index (κ3) is 2.30. The molecule has 0 aromatic carbocycles. The Labute approximate surface area is 79.1 Å². The largest absolute Gasteiger partial charge is 0.477 e. The first-order valence-electron chi connectivity index (χ1n) is 3.70. The maximum atomic E-state index is 11.0. The number of amides is 1. The van der Waals surface area contributed by atoms with Crippen molar-refractivity contribution < 1.29 is 19.4 Å². The van der Waals surface area contributed by atoms with Crippen LogP contribution in [0.15, 0.2) is 6.20 Å². The maximum Gasteiger partial charge on any atom is 0.341 e. The van der Waals surface area contributed by atoms with Crippen LogP contribution >= 0.6 is 0 Å². The standard InChI is InChI=1S/C7H9N3O4/c1-14-3-5(11)9-6-4(7(12)13)2-8-10-6/h2H,3H2,1H3,(H,12,13)(H2,8,9,10,11). The van der Waals surface area contributed by atoms with Crippen molar-refractivity contribution in [2.75, 3.05) is 19.0 Å². The number of rotatable bonds is 4. The van der Waals surface area contributed by atoms with Gasteiger partial charge in [-0.1, -0.05) is 0 Å². The fraction of sp³-hybridized carbons (Fsp3) is 0.286. The minimum atomic E-state index is -1.16. The van der Waals surface area contributed by atoms with Gasteiger partial charge in [-0.3, -0.25) is 9.89 Å². The SMILES string of the molecule is COCC(=O)Nc1[nH]ncc1C(=O)O. The molecule has 0 saturated carbocycles. The monoisotopic (exact) mass is 199 g/mol. The number of aromatic nitrogens is 2. The molecule has 0 unspecified atom stereocenters. The summed E-state index contributed by atoms with van der Waals surface area (Å²) in [6, 6.07) is 0. The van der Waals surface area contributed by atoms with E-state index in [0.29, 0.717) is 0 Å². The molecule has 0 spiro atoms. The molecule has 0 fully saturated rings. The number of carbonyl (C=O) groups is 2. The van der Waals surface area contributed by atoms with Gasteiger partial charge in [0.05, 0.1) is 6.20 Å². The highest BCUT2D eigenvalue weighted by Gasteiger charge is 2.13. The van der Waals surface area contributed by atoms with Crippen LogP contribution in [0.25, 0.3) is 0 Å². The van der Waals surface area contributed by atoms with Gasteiger partial charge in [-0.05, 0) is 0 Å². The van der Waals surface area contributed by atoms with Gasteiger partial charge in [-0.15, -0.1) is 0 Å². The second-order valence-corrected chi connectivity index (χ2v) is 2.45. The van der Waals surface area contributed by atoms with E-state index in [-0.39, 0.29) is 18.0 Å². The van der Waals surface area contributed by atoms with E-state index >= 15 is 0 Å². The van der Waals surface area contributed by atoms with Gasteiger partial charge in [0.25, 0.3) is 5.91 Å². The number of nitrogens with zero attached hydrogens (tertiary/aromatic N) is 1. The van der Waals surface area contributed by atoms with Crippen LogP contribution in [0.5, 0.6) is 0 Å². The van der Waals surface area contributed by atoms with Crippen molar-refractivity contribution in [3.8, 4) is 0 Å². The molecule has 0 bridgehead atoms. The molecule has 0 radical (unpaired) electrons. The normalized spacial score (nSPS) is 9.79. The highest BCUT2D eigenvalue weighted by atomic mass is 16.5. The van der Waals surface area contributed by atoms with E-state index in [1.807, 2.05) is 0 Å². The summed E-state index contributed by atoms with van der Waals surface area (Å²) >= 11 is 0. The average Bonchev–Trinajstić information content (AvgIpc) is 2.52. The van der Waals surface area contributed by atoms with Crippen molar-refractivity contribution in [2.45, 2.75) is 0 Å². The minimum absolute atomic E-state index is 0.0551. The number of ether oxygens (including phenoxy) is 1. The zero-order valence-electron chi connectivity index (χ0n) is 7.40. The van der Waals surface area contributed by atoms with Crippen LogP contribution in [0.2, 0.25) is 0 Å². The number of H-pyrrole nitrogens is 1. The van der Waals surface area contributed by atoms with Crippen molar-refractivity contribution in [3.63, 3.8) is 0 Å². The summed E-state index contributed by atoms with van der Waals surface area (Å²) in [4.78, 5) is 21.6. The summed E-state index contributed by atoms with van der Waals surface area (Å²) in [6.07, 6.45) is 1.12. The smallest absolute Gasteiger partial charge is 0.341 e. The van der Waals surface area contributed by atoms with Gasteiger partial charge in [0.1, 0.15) is 18.0 Å². The molecule has 0 aliphatic heterocycles. The Balaban J connectivity index is 2.71. The average molecular weight is 199 g/mol. The van der Waals surface area contributed by atoms with Gasteiger partial charge in [0.15, 0.2) is 0 Å². The number of aromatic amines is 1. The quantitative estimate of drug-likeness (QED) is 0.617. The molecule has 14 heavy (non-hydrogen) atoms. The fourth-order valence-corrected chi connectivity index (χ4v) is 0.850. The van der Waals surface area contributed by atoms with E-state index in [9.17, 15) is 9.59 Å². The lowest BCUT2D eigenvalue weighted by Gasteiger charge is -2.01. The van der Waals surface area contributed by atoms with E-state index in [0.717, 1.165) is 6.20 Å². The van der Waals surface area contributed by atoms with Crippen molar-refractivity contribution in [2.24, 2.45) is 0 Å². The van der Waals surface area contributed by atoms with Crippen LogP contribution in [0, 0.1) is 0 Å². The number of anilines is 1. The molecule has 7 heteroatoms. The van der Waals surface area contributed by atoms with Crippen LogP contribution in [0.3, 0.4) is 0 Å². The minimum Gasteiger partial charge on any atom is -0.477 e. The molecule has 76 valence electrons. The number of hydrogen-bond donors (Lipinski definition) is 3. The van der Waals surface area contributed by atoms with Crippen molar-refractivity contribution in [3.05, 3.63) is 11.8 Å². The first-order valence-corrected chi connectivity index (χ1v) is 3.70. The summed E-state index contributed by atoms with van der Waals surface area (Å²) in [6.45, 7) is -0.141. The van der Waals surface area contributed by atoms with Gasteiger partial charge < -0.3 is 15.2 Å². The molecule has 3 N–H and O–H groups in total. The van der Waals surface area contributed by atoms with Crippen LogP contribution in [-0.4, -0.2) is 40.9 Å². The van der Waals surface area contributed by atoms with E-state index < -0.39 is 11.9 Å². The van der Waals surface area contributed by atoms with Gasteiger partial charge in [-0.2, -0.15) is 5.10 Å². The van der Waals surface area contributed by atoms with Crippen LogP contribution in [-0.2, 0) is 9.53 Å². The number of nitrogens with one attached hydrogen (secondary N) is 2. The number of carboxylic acid groups (broad SMARTS) is 1. The summed E-state index contributed by atoms with van der Waals surface area (Å²) < 4.78 is 4.56. The third-order valence-electron chi connectivity index (χ3n) is 1.41. The second kappa shape index (κ2) is 4.38. The van der Waals surface area contributed by atoms with Crippen molar-refractivity contribution in [1.82, 2.24) is 10.2 Å². The Morgan fingerprint density at radius 1 is 1.71 bits per heavy atom. The summed E-state index contributed by atoms with van der Waals surface area (Å²) in [5.74, 6) is -1.55. The molecule has 1 amide bonds. The van der Waals surface area contributed by atoms with Gasteiger partial charge >= 0.3 is 5.97 Å². The summed E-state index contributed by atoms with van der Waals surface area (Å²) in [5.41, 5.74) is -0.0885. The lowest BCUT2D eigenvalue weighted by molar-refractivity contribution is -0.119. The molecule has 0 aliphatic rings. The Hall–Kier alpha value is -1.89. The highest BCUT2D eigenvalue weighted by molar-refractivity contribution is 5.99. The maximum absolute atomic E-state index is 11.0. The number of methoxy groups -OCH3 is 1. The lowest BCUT2D eigenvalue weighted by atomic mass is 10.3. The molecule has 1 heterocycles. The predicted octanol–water partition coefficient (Wildman–Crippen LogP) is -0.307. The van der Waals surface area contributed by atoms with E-state index in [4.69, 9.17) is 5.11 Å². The number of aromatic carboxylic acids is 1. The van der Waals surface area contributed by atoms with Gasteiger partial charge in [-0.25, -0.2) is 4.79 Å². The first-order chi connectivity index (χ1) is 6.65. The second-order valence-electron chi connectivity index (χ2n) is 2.45. The van der Waals surface area contributed by atoms with Gasteiger partial charge in [0.2, 0.25) is 0 Å². The topological polar surface area (TPSA) is 104 Å². The molecule has 0 aliphatic carbocycles. The van der Waals surface area contributed by atoms with E-state index in [2.05, 4.69) is 20.3 Å². The van der Waals surface area contributed by atoms with Crippen LogP contribution in [0.1, 0.15) is 10.4 Å². The van der Waals surface area contributed by atoms with Crippen molar-refractivity contribution >= 4 is 17.7 Å². The third-order valence-corrected chi connectivity index (χ3v) is 1.41. The van der Waals surface area contributed by atoms with Crippen LogP contribution in [0.4, 0.5) is 5.82 Å². The Morgan fingerprint density at radius 3 is 3.00 bits per heavy atom. The number of carbonyl (C=O) groups excluding carboxylic acids is 1. The van der Waals surface area contributed by atoms with E-state index in [1.54, 1.807) is 0 Å². The Kier molecular flexibility index (Phi) is 3.19. The molecule has 0 atom stereocenters. The zero-order valence-corrected chi connectivity index (χ0v) is 7.40. The van der Waals surface area contributed by atoms with E-state index in [1.165, 1.54) is 7.11 Å². The molecular formula is C7H9N3O4. The number of carboxylic acids is 1.